The van der Waals surface area contributed by atoms with Crippen LogP contribution in [0.3, 0.4) is 0 Å². The number of benzene rings is 2. The molecule has 0 spiro atoms. The van der Waals surface area contributed by atoms with Crippen molar-refractivity contribution in [1.82, 2.24) is 0 Å². The van der Waals surface area contributed by atoms with Gasteiger partial charge < -0.3 is 15.4 Å². The zero-order chi connectivity index (χ0) is 18.6. The van der Waals surface area contributed by atoms with Gasteiger partial charge in [0.25, 0.3) is 5.91 Å². The lowest BCUT2D eigenvalue weighted by molar-refractivity contribution is -0.150. The summed E-state index contributed by atoms with van der Waals surface area (Å²) >= 11 is 0. The largest absolute Gasteiger partial charge is 0.455 e. The van der Waals surface area contributed by atoms with Gasteiger partial charge in [0.2, 0.25) is 5.91 Å². The van der Waals surface area contributed by atoms with Crippen molar-refractivity contribution >= 4 is 29.2 Å². The molecule has 6 heteroatoms. The van der Waals surface area contributed by atoms with Crippen LogP contribution in [0.15, 0.2) is 54.6 Å². The molecule has 1 fully saturated rings. The van der Waals surface area contributed by atoms with Gasteiger partial charge >= 0.3 is 5.97 Å². The van der Waals surface area contributed by atoms with E-state index in [1.165, 1.54) is 6.92 Å². The fourth-order valence-electron chi connectivity index (χ4n) is 2.80. The van der Waals surface area contributed by atoms with Crippen LogP contribution in [0.25, 0.3) is 0 Å². The Kier molecular flexibility index (Phi) is 5.02. The Morgan fingerprint density at radius 1 is 0.923 bits per heavy atom. The van der Waals surface area contributed by atoms with E-state index >= 15 is 0 Å². The van der Waals surface area contributed by atoms with Crippen LogP contribution in [-0.4, -0.2) is 24.4 Å². The molecule has 0 bridgehead atoms. The third kappa shape index (κ3) is 4.08. The summed E-state index contributed by atoms with van der Waals surface area (Å²) in [5.41, 5.74) is 1.53. The van der Waals surface area contributed by atoms with Gasteiger partial charge in [-0.1, -0.05) is 30.3 Å². The average Bonchev–Trinajstić information content (AvgIpc) is 3.44. The zero-order valence-electron chi connectivity index (χ0n) is 14.5. The van der Waals surface area contributed by atoms with Gasteiger partial charge in [-0.15, -0.1) is 0 Å². The number of hydrogen-bond acceptors (Lipinski definition) is 4. The van der Waals surface area contributed by atoms with Crippen LogP contribution in [0.4, 0.5) is 11.4 Å². The number of carbonyl (C=O) groups excluding carboxylic acids is 3. The van der Waals surface area contributed by atoms with Crippen LogP contribution < -0.4 is 10.6 Å². The summed E-state index contributed by atoms with van der Waals surface area (Å²) in [7, 11) is 0. The quantitative estimate of drug-likeness (QED) is 0.783. The number of nitrogens with one attached hydrogen (secondary N) is 2. The van der Waals surface area contributed by atoms with Crippen molar-refractivity contribution in [3.63, 3.8) is 0 Å². The molecule has 2 N–H and O–H groups in total. The molecule has 26 heavy (non-hydrogen) atoms. The lowest BCUT2D eigenvalue weighted by atomic mass is 9.96. The van der Waals surface area contributed by atoms with Crippen LogP contribution in [0.2, 0.25) is 0 Å². The first kappa shape index (κ1) is 17.7. The molecule has 0 atom stereocenters. The third-order valence-corrected chi connectivity index (χ3v) is 4.29. The topological polar surface area (TPSA) is 84.5 Å². The number of esters is 1. The zero-order valence-corrected chi connectivity index (χ0v) is 14.5. The maximum Gasteiger partial charge on any atom is 0.317 e. The average molecular weight is 352 g/mol. The number of rotatable bonds is 6. The Balaban J connectivity index is 1.51. The maximum absolute atomic E-state index is 12.4. The number of hydrogen-bond donors (Lipinski definition) is 2. The first-order valence-electron chi connectivity index (χ1n) is 8.40. The molecule has 0 aromatic heterocycles. The van der Waals surface area contributed by atoms with Crippen LogP contribution >= 0.6 is 0 Å². The molecule has 0 heterocycles. The van der Waals surface area contributed by atoms with E-state index < -0.39 is 11.3 Å². The van der Waals surface area contributed by atoms with Crippen molar-refractivity contribution < 1.29 is 19.1 Å². The molecule has 1 aliphatic rings. The molecule has 1 aliphatic carbocycles. The number of ether oxygens (including phenoxy) is 1. The van der Waals surface area contributed by atoms with Gasteiger partial charge in [-0.05, 0) is 42.7 Å². The standard InChI is InChI=1S/C20H20N2O4/c1-14(23)21-16-7-9-17(10-8-16)22-18(24)13-26-19(25)20(11-12-20)15-5-3-2-4-6-15/h2-10H,11-13H2,1H3,(H,21,23)(H,22,24). The van der Waals surface area contributed by atoms with E-state index in [1.807, 2.05) is 30.3 Å². The minimum atomic E-state index is -0.596. The van der Waals surface area contributed by atoms with E-state index in [4.69, 9.17) is 4.74 Å². The lowest BCUT2D eigenvalue weighted by Gasteiger charge is -2.14. The van der Waals surface area contributed by atoms with Crippen molar-refractivity contribution in [3.8, 4) is 0 Å². The lowest BCUT2D eigenvalue weighted by Crippen LogP contribution is -2.28. The number of carbonyl (C=O) groups is 3. The van der Waals surface area contributed by atoms with Crippen molar-refractivity contribution in [2.24, 2.45) is 0 Å². The number of amides is 2. The highest BCUT2D eigenvalue weighted by molar-refractivity contribution is 5.95. The molecule has 0 aliphatic heterocycles. The van der Waals surface area contributed by atoms with Gasteiger partial charge in [-0.2, -0.15) is 0 Å². The van der Waals surface area contributed by atoms with E-state index in [-0.39, 0.29) is 18.5 Å². The highest BCUT2D eigenvalue weighted by Gasteiger charge is 2.52. The van der Waals surface area contributed by atoms with Crippen molar-refractivity contribution in [1.29, 1.82) is 0 Å². The summed E-state index contributed by atoms with van der Waals surface area (Å²) in [6, 6.07) is 16.2. The van der Waals surface area contributed by atoms with Gasteiger partial charge in [0, 0.05) is 18.3 Å². The number of anilines is 2. The van der Waals surface area contributed by atoms with Crippen molar-refractivity contribution in [3.05, 3.63) is 60.2 Å². The fraction of sp³-hybridized carbons (Fsp3) is 0.250. The molecule has 6 nitrogen and oxygen atoms in total. The predicted octanol–water partition coefficient (Wildman–Crippen LogP) is 2.86. The van der Waals surface area contributed by atoms with Gasteiger partial charge in [-0.3, -0.25) is 14.4 Å². The van der Waals surface area contributed by atoms with Crippen LogP contribution in [0.5, 0.6) is 0 Å². The van der Waals surface area contributed by atoms with E-state index in [0.29, 0.717) is 11.4 Å². The molecule has 0 saturated heterocycles. The van der Waals surface area contributed by atoms with Gasteiger partial charge in [0.1, 0.15) is 0 Å². The molecular weight excluding hydrogens is 332 g/mol. The second-order valence-corrected chi connectivity index (χ2v) is 6.33. The summed E-state index contributed by atoms with van der Waals surface area (Å²) in [5.74, 6) is -0.935. The van der Waals surface area contributed by atoms with Gasteiger partial charge in [0.05, 0.1) is 5.41 Å². The SMILES string of the molecule is CC(=O)Nc1ccc(NC(=O)COC(=O)C2(c3ccccc3)CC2)cc1. The minimum absolute atomic E-state index is 0.166. The molecule has 0 radical (unpaired) electrons. The molecule has 2 aromatic carbocycles. The van der Waals surface area contributed by atoms with Crippen molar-refractivity contribution in [2.45, 2.75) is 25.2 Å². The third-order valence-electron chi connectivity index (χ3n) is 4.29. The predicted molar refractivity (Wildman–Crippen MR) is 97.7 cm³/mol. The molecular formula is C20H20N2O4. The maximum atomic E-state index is 12.4. The fourth-order valence-corrected chi connectivity index (χ4v) is 2.80. The van der Waals surface area contributed by atoms with Crippen molar-refractivity contribution in [2.75, 3.05) is 17.2 Å². The summed E-state index contributed by atoms with van der Waals surface area (Å²) in [6.07, 6.45) is 1.48. The van der Waals surface area contributed by atoms with E-state index in [1.54, 1.807) is 24.3 Å². The molecule has 134 valence electrons. The molecule has 2 amide bonds. The first-order chi connectivity index (χ1) is 12.5. The molecule has 2 aromatic rings. The van der Waals surface area contributed by atoms with Crippen LogP contribution in [-0.2, 0) is 24.5 Å². The van der Waals surface area contributed by atoms with E-state index in [9.17, 15) is 14.4 Å². The Hall–Kier alpha value is -3.15. The Morgan fingerprint density at radius 3 is 2.04 bits per heavy atom. The highest BCUT2D eigenvalue weighted by Crippen LogP contribution is 2.49. The second-order valence-electron chi connectivity index (χ2n) is 6.33. The Labute approximate surface area is 151 Å². The monoisotopic (exact) mass is 352 g/mol. The molecule has 1 saturated carbocycles. The summed E-state index contributed by atoms with van der Waals surface area (Å²) in [6.45, 7) is 1.09. The summed E-state index contributed by atoms with van der Waals surface area (Å²) in [4.78, 5) is 35.4. The second kappa shape index (κ2) is 7.39. The Morgan fingerprint density at radius 2 is 1.50 bits per heavy atom. The minimum Gasteiger partial charge on any atom is -0.455 e. The molecule has 3 rings (SSSR count). The van der Waals surface area contributed by atoms with E-state index in [0.717, 1.165) is 18.4 Å². The van der Waals surface area contributed by atoms with Crippen LogP contribution in [0, 0.1) is 0 Å². The Bertz CT molecular complexity index is 811. The van der Waals surface area contributed by atoms with Crippen LogP contribution in [0.1, 0.15) is 25.3 Å². The normalized spacial score (nSPS) is 14.2. The molecule has 0 unspecified atom stereocenters. The smallest absolute Gasteiger partial charge is 0.317 e. The first-order valence-corrected chi connectivity index (χ1v) is 8.40. The summed E-state index contributed by atoms with van der Waals surface area (Å²) in [5, 5.41) is 5.30. The van der Waals surface area contributed by atoms with Gasteiger partial charge in [0.15, 0.2) is 6.61 Å². The highest BCUT2D eigenvalue weighted by atomic mass is 16.5. The van der Waals surface area contributed by atoms with Gasteiger partial charge in [-0.25, -0.2) is 0 Å². The summed E-state index contributed by atoms with van der Waals surface area (Å²) < 4.78 is 5.23. The van der Waals surface area contributed by atoms with E-state index in [2.05, 4.69) is 10.6 Å².